The average Bonchev–Trinajstić information content (AvgIpc) is 2.96. The Morgan fingerprint density at radius 2 is 2.14 bits per heavy atom. The van der Waals surface area contributed by atoms with Gasteiger partial charge in [0, 0.05) is 12.3 Å². The lowest BCUT2D eigenvalue weighted by atomic mass is 10.3. The maximum atomic E-state index is 10.9. The standard InChI is InChI=1S/C14H12N5O2/c15-14(20)12-5-6-19(18-12)7-8-21-13-9-16-10-3-1-2-4-11(10)17-13/h1-4,6,9H,7-8H2,(H2,15,20). The Balaban J connectivity index is 1.62. The number of carbonyl (C=O) groups is 1. The number of carbonyl (C=O) groups excluding carboxylic acids is 1. The first-order chi connectivity index (χ1) is 10.2. The summed E-state index contributed by atoms with van der Waals surface area (Å²) < 4.78 is 7.06. The van der Waals surface area contributed by atoms with Gasteiger partial charge in [0.25, 0.3) is 5.91 Å². The van der Waals surface area contributed by atoms with Crippen molar-refractivity contribution in [2.45, 2.75) is 6.54 Å². The van der Waals surface area contributed by atoms with E-state index in [0.29, 0.717) is 19.0 Å². The van der Waals surface area contributed by atoms with Crippen molar-refractivity contribution in [2.75, 3.05) is 6.61 Å². The average molecular weight is 282 g/mol. The molecule has 21 heavy (non-hydrogen) atoms. The second kappa shape index (κ2) is 5.58. The van der Waals surface area contributed by atoms with E-state index in [2.05, 4.69) is 21.1 Å². The second-order valence-electron chi connectivity index (χ2n) is 4.29. The number of rotatable bonds is 5. The van der Waals surface area contributed by atoms with E-state index in [1.807, 2.05) is 24.3 Å². The van der Waals surface area contributed by atoms with Gasteiger partial charge in [0.2, 0.25) is 5.88 Å². The van der Waals surface area contributed by atoms with Gasteiger partial charge in [-0.2, -0.15) is 5.10 Å². The van der Waals surface area contributed by atoms with Gasteiger partial charge < -0.3 is 10.5 Å². The Hall–Kier alpha value is -2.96. The molecule has 2 heterocycles. The number of benzene rings is 1. The van der Waals surface area contributed by atoms with Crippen LogP contribution in [0.15, 0.2) is 36.7 Å². The third kappa shape index (κ3) is 2.97. The van der Waals surface area contributed by atoms with Crippen LogP contribution in [0.2, 0.25) is 0 Å². The largest absolute Gasteiger partial charge is 0.475 e. The first-order valence-electron chi connectivity index (χ1n) is 6.32. The van der Waals surface area contributed by atoms with Gasteiger partial charge in [-0.3, -0.25) is 9.48 Å². The molecule has 0 aliphatic heterocycles. The minimum atomic E-state index is -0.602. The highest BCUT2D eigenvalue weighted by atomic mass is 16.5. The summed E-state index contributed by atoms with van der Waals surface area (Å²) in [4.78, 5) is 19.5. The highest BCUT2D eigenvalue weighted by Crippen LogP contribution is 2.12. The summed E-state index contributed by atoms with van der Waals surface area (Å²) in [5, 5.41) is 3.96. The molecule has 0 aliphatic carbocycles. The van der Waals surface area contributed by atoms with Crippen molar-refractivity contribution in [1.82, 2.24) is 19.7 Å². The highest BCUT2D eigenvalue weighted by Gasteiger charge is 2.05. The Labute approximate surface area is 120 Å². The zero-order valence-corrected chi connectivity index (χ0v) is 11.1. The van der Waals surface area contributed by atoms with Crippen LogP contribution in [-0.2, 0) is 6.54 Å². The van der Waals surface area contributed by atoms with Crippen LogP contribution >= 0.6 is 0 Å². The minimum Gasteiger partial charge on any atom is -0.475 e. The van der Waals surface area contributed by atoms with Crippen molar-refractivity contribution in [2.24, 2.45) is 5.73 Å². The zero-order valence-electron chi connectivity index (χ0n) is 11.1. The Kier molecular flexibility index (Phi) is 3.46. The summed E-state index contributed by atoms with van der Waals surface area (Å²) in [5.41, 5.74) is 6.81. The lowest BCUT2D eigenvalue weighted by molar-refractivity contribution is 0.0994. The van der Waals surface area contributed by atoms with Crippen molar-refractivity contribution in [3.63, 3.8) is 0 Å². The number of amides is 1. The van der Waals surface area contributed by atoms with E-state index < -0.39 is 5.91 Å². The summed E-state index contributed by atoms with van der Waals surface area (Å²) in [6, 6.07) is 10.2. The van der Waals surface area contributed by atoms with Crippen LogP contribution in [0, 0.1) is 6.07 Å². The lowest BCUT2D eigenvalue weighted by Crippen LogP contribution is -2.14. The molecule has 0 aliphatic rings. The van der Waals surface area contributed by atoms with Crippen LogP contribution in [0.4, 0.5) is 0 Å². The number of nitrogens with zero attached hydrogens (tertiary/aromatic N) is 4. The molecule has 7 nitrogen and oxygen atoms in total. The van der Waals surface area contributed by atoms with Gasteiger partial charge in [-0.05, 0) is 12.1 Å². The smallest absolute Gasteiger partial charge is 0.269 e. The van der Waals surface area contributed by atoms with Gasteiger partial charge in [0.05, 0.1) is 23.8 Å². The van der Waals surface area contributed by atoms with E-state index in [1.54, 1.807) is 12.4 Å². The van der Waals surface area contributed by atoms with Crippen LogP contribution in [0.3, 0.4) is 0 Å². The molecule has 0 saturated heterocycles. The summed E-state index contributed by atoms with van der Waals surface area (Å²) in [5.74, 6) is -0.157. The molecule has 0 bridgehead atoms. The Bertz CT molecular complexity index is 784. The lowest BCUT2D eigenvalue weighted by Gasteiger charge is -2.05. The summed E-state index contributed by atoms with van der Waals surface area (Å²) >= 11 is 0. The summed E-state index contributed by atoms with van der Waals surface area (Å²) in [7, 11) is 0. The molecule has 1 radical (unpaired) electrons. The summed E-state index contributed by atoms with van der Waals surface area (Å²) in [6.45, 7) is 0.805. The Morgan fingerprint density at radius 1 is 1.33 bits per heavy atom. The molecule has 0 spiro atoms. The van der Waals surface area contributed by atoms with Crippen LogP contribution < -0.4 is 10.5 Å². The third-order valence-electron chi connectivity index (χ3n) is 2.81. The Morgan fingerprint density at radius 3 is 2.90 bits per heavy atom. The van der Waals surface area contributed by atoms with Gasteiger partial charge >= 0.3 is 0 Å². The van der Waals surface area contributed by atoms with Crippen LogP contribution in [0.5, 0.6) is 5.88 Å². The second-order valence-corrected chi connectivity index (χ2v) is 4.29. The van der Waals surface area contributed by atoms with Crippen molar-refractivity contribution >= 4 is 16.9 Å². The number of fused-ring (bicyclic) bond motifs is 1. The van der Waals surface area contributed by atoms with E-state index >= 15 is 0 Å². The molecule has 2 aromatic heterocycles. The van der Waals surface area contributed by atoms with E-state index in [4.69, 9.17) is 10.5 Å². The molecule has 0 saturated carbocycles. The number of primary amides is 1. The van der Waals surface area contributed by atoms with Crippen molar-refractivity contribution in [1.29, 1.82) is 0 Å². The molecule has 1 amide bonds. The molecule has 2 N–H and O–H groups in total. The molecule has 1 aromatic carbocycles. The molecular weight excluding hydrogens is 270 g/mol. The highest BCUT2D eigenvalue weighted by molar-refractivity contribution is 5.90. The van der Waals surface area contributed by atoms with E-state index in [1.165, 1.54) is 4.68 Å². The topological polar surface area (TPSA) is 95.9 Å². The number of hydrogen-bond acceptors (Lipinski definition) is 5. The zero-order chi connectivity index (χ0) is 14.7. The first kappa shape index (κ1) is 13.0. The predicted molar refractivity (Wildman–Crippen MR) is 74.6 cm³/mol. The number of para-hydroxylation sites is 2. The van der Waals surface area contributed by atoms with Crippen molar-refractivity contribution < 1.29 is 9.53 Å². The van der Waals surface area contributed by atoms with Gasteiger partial charge in [0.15, 0.2) is 5.69 Å². The number of nitrogens with two attached hydrogens (primary N) is 1. The number of hydrogen-bond donors (Lipinski definition) is 1. The van der Waals surface area contributed by atoms with E-state index in [-0.39, 0.29) is 5.69 Å². The van der Waals surface area contributed by atoms with Crippen LogP contribution in [-0.4, -0.2) is 32.3 Å². The van der Waals surface area contributed by atoms with Gasteiger partial charge in [-0.25, -0.2) is 9.97 Å². The van der Waals surface area contributed by atoms with Gasteiger partial charge in [-0.1, -0.05) is 12.1 Å². The van der Waals surface area contributed by atoms with Crippen LogP contribution in [0.1, 0.15) is 10.5 Å². The molecular formula is C14H12N5O2. The minimum absolute atomic E-state index is 0.112. The SMILES string of the molecule is NC(=O)c1[c]cn(CCOc2cnc3ccccc3n2)n1. The molecule has 3 rings (SSSR count). The van der Waals surface area contributed by atoms with Crippen molar-refractivity contribution in [3.8, 4) is 5.88 Å². The quantitative estimate of drug-likeness (QED) is 0.746. The fraction of sp³-hybridized carbons (Fsp3) is 0.143. The maximum absolute atomic E-state index is 10.9. The first-order valence-corrected chi connectivity index (χ1v) is 6.32. The van der Waals surface area contributed by atoms with Gasteiger partial charge in [-0.15, -0.1) is 0 Å². The molecule has 3 aromatic rings. The van der Waals surface area contributed by atoms with Crippen molar-refractivity contribution in [3.05, 3.63) is 48.4 Å². The molecule has 0 fully saturated rings. The number of aromatic nitrogens is 4. The molecule has 105 valence electrons. The monoisotopic (exact) mass is 282 g/mol. The fourth-order valence-electron chi connectivity index (χ4n) is 1.81. The predicted octanol–water partition coefficient (Wildman–Crippen LogP) is 0.804. The summed E-state index contributed by atoms with van der Waals surface area (Å²) in [6.07, 6.45) is 3.13. The molecule has 0 atom stereocenters. The number of ether oxygens (including phenoxy) is 1. The third-order valence-corrected chi connectivity index (χ3v) is 2.81. The van der Waals surface area contributed by atoms with Gasteiger partial charge in [0.1, 0.15) is 6.61 Å². The molecule has 7 heteroatoms. The van der Waals surface area contributed by atoms with E-state index in [9.17, 15) is 4.79 Å². The van der Waals surface area contributed by atoms with E-state index in [0.717, 1.165) is 11.0 Å². The van der Waals surface area contributed by atoms with Crippen LogP contribution in [0.25, 0.3) is 11.0 Å². The fourth-order valence-corrected chi connectivity index (χ4v) is 1.81. The maximum Gasteiger partial charge on any atom is 0.269 e. The normalized spacial score (nSPS) is 10.7. The molecule has 0 unspecified atom stereocenters.